The number of rotatable bonds is 4. The van der Waals surface area contributed by atoms with Crippen molar-refractivity contribution in [3.05, 3.63) is 41.0 Å². The zero-order chi connectivity index (χ0) is 13.9. The Labute approximate surface area is 127 Å². The van der Waals surface area contributed by atoms with Crippen LogP contribution in [0.1, 0.15) is 24.6 Å². The van der Waals surface area contributed by atoms with Crippen LogP contribution in [0, 0.1) is 5.92 Å². The first-order valence-corrected chi connectivity index (χ1v) is 8.01. The van der Waals surface area contributed by atoms with Crippen LogP contribution in [0.15, 0.2) is 33.7 Å². The SMILES string of the molecule is C[C@@H]1CNC[C@H]1c1nc(CSc2ccccc2Cl)no1. The van der Waals surface area contributed by atoms with Crippen molar-refractivity contribution < 1.29 is 4.52 Å². The molecule has 0 bridgehead atoms. The normalized spacial score (nSPS) is 22.3. The Morgan fingerprint density at radius 2 is 2.25 bits per heavy atom. The van der Waals surface area contributed by atoms with E-state index in [0.717, 1.165) is 34.7 Å². The van der Waals surface area contributed by atoms with Gasteiger partial charge in [-0.1, -0.05) is 35.8 Å². The van der Waals surface area contributed by atoms with Crippen LogP contribution >= 0.6 is 23.4 Å². The van der Waals surface area contributed by atoms with Gasteiger partial charge in [0, 0.05) is 11.4 Å². The third-order valence-corrected chi connectivity index (χ3v) is 5.02. The van der Waals surface area contributed by atoms with E-state index in [1.807, 2.05) is 24.3 Å². The van der Waals surface area contributed by atoms with Gasteiger partial charge in [0.2, 0.25) is 5.89 Å². The average molecular weight is 310 g/mol. The fraction of sp³-hybridized carbons (Fsp3) is 0.429. The molecule has 0 amide bonds. The van der Waals surface area contributed by atoms with Gasteiger partial charge in [0.05, 0.1) is 16.7 Å². The first-order valence-electron chi connectivity index (χ1n) is 6.64. The monoisotopic (exact) mass is 309 g/mol. The Kier molecular flexibility index (Phi) is 4.29. The van der Waals surface area contributed by atoms with Crippen LogP contribution in [0.3, 0.4) is 0 Å². The molecule has 0 spiro atoms. The first-order chi connectivity index (χ1) is 9.74. The lowest BCUT2D eigenvalue weighted by atomic mass is 9.98. The summed E-state index contributed by atoms with van der Waals surface area (Å²) in [5.74, 6) is 3.02. The smallest absolute Gasteiger partial charge is 0.231 e. The van der Waals surface area contributed by atoms with Crippen molar-refractivity contribution in [3.8, 4) is 0 Å². The van der Waals surface area contributed by atoms with Gasteiger partial charge in [-0.15, -0.1) is 11.8 Å². The molecule has 1 N–H and O–H groups in total. The molecule has 106 valence electrons. The third-order valence-electron chi connectivity index (χ3n) is 3.51. The minimum absolute atomic E-state index is 0.335. The molecule has 2 heterocycles. The minimum atomic E-state index is 0.335. The van der Waals surface area contributed by atoms with Crippen LogP contribution in [0.5, 0.6) is 0 Å². The van der Waals surface area contributed by atoms with E-state index < -0.39 is 0 Å². The average Bonchev–Trinajstić information content (AvgIpc) is 3.06. The molecule has 1 aromatic heterocycles. The number of aromatic nitrogens is 2. The van der Waals surface area contributed by atoms with Gasteiger partial charge in [-0.3, -0.25) is 0 Å². The van der Waals surface area contributed by atoms with Gasteiger partial charge in [-0.2, -0.15) is 4.98 Å². The Morgan fingerprint density at radius 3 is 3.00 bits per heavy atom. The molecule has 0 saturated carbocycles. The molecule has 0 radical (unpaired) electrons. The van der Waals surface area contributed by atoms with Crippen molar-refractivity contribution in [1.29, 1.82) is 0 Å². The van der Waals surface area contributed by atoms with Crippen molar-refractivity contribution in [1.82, 2.24) is 15.5 Å². The summed E-state index contributed by atoms with van der Waals surface area (Å²) in [6, 6.07) is 7.78. The zero-order valence-corrected chi connectivity index (χ0v) is 12.7. The molecular weight excluding hydrogens is 294 g/mol. The predicted molar refractivity (Wildman–Crippen MR) is 80.1 cm³/mol. The largest absolute Gasteiger partial charge is 0.339 e. The Morgan fingerprint density at radius 1 is 1.40 bits per heavy atom. The number of thioether (sulfide) groups is 1. The number of hydrogen-bond acceptors (Lipinski definition) is 5. The maximum atomic E-state index is 6.13. The summed E-state index contributed by atoms with van der Waals surface area (Å²) in [6.45, 7) is 4.13. The molecule has 3 rings (SSSR count). The first kappa shape index (κ1) is 13.9. The molecule has 1 aliphatic heterocycles. The highest BCUT2D eigenvalue weighted by Gasteiger charge is 2.29. The van der Waals surface area contributed by atoms with Gasteiger partial charge in [-0.05, 0) is 24.6 Å². The van der Waals surface area contributed by atoms with Gasteiger partial charge >= 0.3 is 0 Å². The zero-order valence-electron chi connectivity index (χ0n) is 11.2. The third kappa shape index (κ3) is 3.00. The summed E-state index contributed by atoms with van der Waals surface area (Å²) < 4.78 is 5.39. The fourth-order valence-electron chi connectivity index (χ4n) is 2.32. The molecule has 1 fully saturated rings. The Bertz CT molecular complexity index is 589. The van der Waals surface area contributed by atoms with Crippen molar-refractivity contribution in [2.75, 3.05) is 13.1 Å². The number of benzene rings is 1. The molecule has 2 atom stereocenters. The second-order valence-electron chi connectivity index (χ2n) is 5.01. The van der Waals surface area contributed by atoms with Crippen LogP contribution in [-0.4, -0.2) is 23.2 Å². The lowest BCUT2D eigenvalue weighted by molar-refractivity contribution is 0.337. The second kappa shape index (κ2) is 6.16. The minimum Gasteiger partial charge on any atom is -0.339 e. The molecule has 0 aliphatic carbocycles. The predicted octanol–water partition coefficient (Wildman–Crippen LogP) is 3.34. The van der Waals surface area contributed by atoms with Crippen molar-refractivity contribution in [2.24, 2.45) is 5.92 Å². The van der Waals surface area contributed by atoms with Crippen LogP contribution < -0.4 is 5.32 Å². The van der Waals surface area contributed by atoms with Crippen molar-refractivity contribution >= 4 is 23.4 Å². The number of nitrogens with one attached hydrogen (secondary N) is 1. The van der Waals surface area contributed by atoms with Gasteiger partial charge in [0.15, 0.2) is 5.82 Å². The molecule has 2 aromatic rings. The van der Waals surface area contributed by atoms with Crippen molar-refractivity contribution in [3.63, 3.8) is 0 Å². The Hall–Kier alpha value is -1.04. The lowest BCUT2D eigenvalue weighted by Crippen LogP contribution is -2.08. The molecule has 20 heavy (non-hydrogen) atoms. The van der Waals surface area contributed by atoms with Crippen LogP contribution in [0.4, 0.5) is 0 Å². The van der Waals surface area contributed by atoms with E-state index >= 15 is 0 Å². The van der Waals surface area contributed by atoms with Crippen LogP contribution in [-0.2, 0) is 5.75 Å². The van der Waals surface area contributed by atoms with E-state index in [9.17, 15) is 0 Å². The molecule has 1 aromatic carbocycles. The summed E-state index contributed by atoms with van der Waals surface area (Å²) in [5.41, 5.74) is 0. The summed E-state index contributed by atoms with van der Waals surface area (Å²) in [5, 5.41) is 8.17. The summed E-state index contributed by atoms with van der Waals surface area (Å²) in [4.78, 5) is 5.54. The van der Waals surface area contributed by atoms with Gasteiger partial charge in [0.25, 0.3) is 0 Å². The Balaban J connectivity index is 1.64. The highest BCUT2D eigenvalue weighted by Crippen LogP contribution is 2.30. The standard InChI is InChI=1S/C14H16ClN3OS/c1-9-6-16-7-10(9)14-17-13(18-19-14)8-20-12-5-3-2-4-11(12)15/h2-5,9-10,16H,6-8H2,1H3/t9-,10-/m1/s1. The molecule has 1 aliphatic rings. The fourth-order valence-corrected chi connectivity index (χ4v) is 3.40. The molecule has 1 saturated heterocycles. The number of hydrogen-bond donors (Lipinski definition) is 1. The van der Waals surface area contributed by atoms with E-state index in [0.29, 0.717) is 17.6 Å². The van der Waals surface area contributed by atoms with Crippen LogP contribution in [0.2, 0.25) is 5.02 Å². The quantitative estimate of drug-likeness (QED) is 0.878. The van der Waals surface area contributed by atoms with Crippen molar-refractivity contribution in [2.45, 2.75) is 23.5 Å². The second-order valence-corrected chi connectivity index (χ2v) is 6.43. The van der Waals surface area contributed by atoms with E-state index in [4.69, 9.17) is 16.1 Å². The van der Waals surface area contributed by atoms with E-state index in [2.05, 4.69) is 22.4 Å². The molecule has 0 unspecified atom stereocenters. The molecular formula is C14H16ClN3OS. The van der Waals surface area contributed by atoms with Gasteiger partial charge in [-0.25, -0.2) is 0 Å². The maximum absolute atomic E-state index is 6.13. The van der Waals surface area contributed by atoms with E-state index in [1.54, 1.807) is 11.8 Å². The number of halogens is 1. The highest BCUT2D eigenvalue weighted by molar-refractivity contribution is 7.98. The summed E-state index contributed by atoms with van der Waals surface area (Å²) in [7, 11) is 0. The van der Waals surface area contributed by atoms with E-state index in [1.165, 1.54) is 0 Å². The maximum Gasteiger partial charge on any atom is 0.231 e. The molecule has 4 nitrogen and oxygen atoms in total. The number of nitrogens with zero attached hydrogens (tertiary/aromatic N) is 2. The lowest BCUT2D eigenvalue weighted by Gasteiger charge is -2.07. The van der Waals surface area contributed by atoms with Gasteiger partial charge < -0.3 is 9.84 Å². The highest BCUT2D eigenvalue weighted by atomic mass is 35.5. The summed E-state index contributed by atoms with van der Waals surface area (Å²) in [6.07, 6.45) is 0. The summed E-state index contributed by atoms with van der Waals surface area (Å²) >= 11 is 7.75. The van der Waals surface area contributed by atoms with Gasteiger partial charge in [0.1, 0.15) is 0 Å². The van der Waals surface area contributed by atoms with E-state index in [-0.39, 0.29) is 0 Å². The molecule has 6 heteroatoms. The van der Waals surface area contributed by atoms with Crippen LogP contribution in [0.25, 0.3) is 0 Å². The topological polar surface area (TPSA) is 51.0 Å².